The SMILES string of the molecule is Fc1ccc(C(N2CCC3(CC2)Nc2cc(Br)ccc2CN3c2ccc(OC(F)(F)F)cc2)C(F)(F)F)cc1F. The average Bonchev–Trinajstić information content (AvgIpc) is 2.86. The number of likely N-dealkylation sites (tertiary alicyclic amines) is 1. The van der Waals surface area contributed by atoms with Gasteiger partial charge in [0, 0.05) is 48.3 Å². The number of anilines is 2. The minimum Gasteiger partial charge on any atom is -0.406 e. The number of piperidine rings is 1. The van der Waals surface area contributed by atoms with Crippen LogP contribution in [0.25, 0.3) is 0 Å². The van der Waals surface area contributed by atoms with Gasteiger partial charge in [0.2, 0.25) is 0 Å². The fourth-order valence-electron chi connectivity index (χ4n) is 5.45. The van der Waals surface area contributed by atoms with Crippen LogP contribution in [0.1, 0.15) is 30.0 Å². The number of ether oxygens (including phenoxy) is 1. The van der Waals surface area contributed by atoms with E-state index in [-0.39, 0.29) is 25.9 Å². The highest BCUT2D eigenvalue weighted by molar-refractivity contribution is 9.10. The summed E-state index contributed by atoms with van der Waals surface area (Å²) in [5, 5.41) is 3.48. The van der Waals surface area contributed by atoms with E-state index in [4.69, 9.17) is 0 Å². The molecular weight excluding hydrogens is 614 g/mol. The summed E-state index contributed by atoms with van der Waals surface area (Å²) >= 11 is 3.43. The predicted molar refractivity (Wildman–Crippen MR) is 136 cm³/mol. The Bertz CT molecular complexity index is 1370. The maximum Gasteiger partial charge on any atom is 0.573 e. The standard InChI is InChI=1S/C27H22BrF8N3O/c28-18-3-1-17-15-39(19-4-6-20(7-5-19)40-27(34,35)36)25(37-23(17)14-18)9-11-38(12-10-25)24(26(31,32)33)16-2-8-21(29)22(30)13-16/h1-8,13-14,24,37H,9-12,15H2. The van der Waals surface area contributed by atoms with Gasteiger partial charge < -0.3 is 15.0 Å². The third-order valence-corrected chi connectivity index (χ3v) is 7.72. The Labute approximate surface area is 232 Å². The van der Waals surface area contributed by atoms with Gasteiger partial charge in [-0.1, -0.05) is 28.1 Å². The van der Waals surface area contributed by atoms with Crippen molar-refractivity contribution in [1.29, 1.82) is 0 Å². The largest absolute Gasteiger partial charge is 0.573 e. The average molecular weight is 636 g/mol. The molecule has 4 nitrogen and oxygen atoms in total. The number of nitrogens with one attached hydrogen (secondary N) is 1. The lowest BCUT2D eigenvalue weighted by atomic mass is 9.88. The lowest BCUT2D eigenvalue weighted by molar-refractivity contribution is -0.274. The van der Waals surface area contributed by atoms with Crippen molar-refractivity contribution in [1.82, 2.24) is 4.90 Å². The van der Waals surface area contributed by atoms with Crippen LogP contribution in [0.4, 0.5) is 46.5 Å². The van der Waals surface area contributed by atoms with Gasteiger partial charge in [0.15, 0.2) is 11.6 Å². The van der Waals surface area contributed by atoms with E-state index in [1.807, 2.05) is 23.1 Å². The van der Waals surface area contributed by atoms with Crippen LogP contribution in [0, 0.1) is 11.6 Å². The van der Waals surface area contributed by atoms with Gasteiger partial charge in [0.1, 0.15) is 17.5 Å². The minimum atomic E-state index is -4.85. The Morgan fingerprint density at radius 3 is 2.12 bits per heavy atom. The third-order valence-electron chi connectivity index (χ3n) is 7.23. The molecule has 214 valence electrons. The molecule has 3 aromatic carbocycles. The van der Waals surface area contributed by atoms with Crippen molar-refractivity contribution in [3.63, 3.8) is 0 Å². The summed E-state index contributed by atoms with van der Waals surface area (Å²) in [7, 11) is 0. The molecule has 2 heterocycles. The molecule has 2 aliphatic heterocycles. The van der Waals surface area contributed by atoms with Crippen LogP contribution in [-0.4, -0.2) is 36.2 Å². The van der Waals surface area contributed by atoms with E-state index in [0.29, 0.717) is 24.4 Å². The van der Waals surface area contributed by atoms with E-state index in [9.17, 15) is 35.1 Å². The first-order chi connectivity index (χ1) is 18.7. The Morgan fingerprint density at radius 1 is 0.850 bits per heavy atom. The van der Waals surface area contributed by atoms with Gasteiger partial charge in [-0.2, -0.15) is 13.2 Å². The molecule has 0 bridgehead atoms. The van der Waals surface area contributed by atoms with E-state index < -0.39 is 47.2 Å². The van der Waals surface area contributed by atoms with Gasteiger partial charge in [-0.15, -0.1) is 13.2 Å². The molecule has 1 saturated heterocycles. The number of alkyl halides is 6. The second-order valence-electron chi connectivity index (χ2n) is 9.74. The van der Waals surface area contributed by atoms with Crippen LogP contribution in [0.5, 0.6) is 5.75 Å². The van der Waals surface area contributed by atoms with Crippen LogP contribution >= 0.6 is 15.9 Å². The molecule has 0 aliphatic carbocycles. The first-order valence-corrected chi connectivity index (χ1v) is 13.0. The van der Waals surface area contributed by atoms with Gasteiger partial charge in [-0.3, -0.25) is 4.90 Å². The minimum absolute atomic E-state index is 0.0503. The Hall–Kier alpha value is -3.06. The zero-order valence-electron chi connectivity index (χ0n) is 20.6. The highest BCUT2D eigenvalue weighted by atomic mass is 79.9. The summed E-state index contributed by atoms with van der Waals surface area (Å²) in [6.07, 6.45) is -9.22. The van der Waals surface area contributed by atoms with Crippen molar-refractivity contribution < 1.29 is 39.9 Å². The van der Waals surface area contributed by atoms with E-state index in [1.54, 1.807) is 0 Å². The van der Waals surface area contributed by atoms with Gasteiger partial charge in [-0.25, -0.2) is 8.78 Å². The van der Waals surface area contributed by atoms with Crippen LogP contribution in [0.2, 0.25) is 0 Å². The highest BCUT2D eigenvalue weighted by Gasteiger charge is 2.50. The third kappa shape index (κ3) is 5.85. The molecule has 1 spiro atoms. The molecule has 13 heteroatoms. The smallest absolute Gasteiger partial charge is 0.406 e. The zero-order valence-corrected chi connectivity index (χ0v) is 22.2. The maximum absolute atomic E-state index is 14.2. The molecule has 1 unspecified atom stereocenters. The van der Waals surface area contributed by atoms with Gasteiger partial charge in [0.05, 0.1) is 0 Å². The Kier molecular flexibility index (Phi) is 7.40. The summed E-state index contributed by atoms with van der Waals surface area (Å²) in [5.74, 6) is -2.99. The number of hydrogen-bond donors (Lipinski definition) is 1. The summed E-state index contributed by atoms with van der Waals surface area (Å²) in [6.45, 7) is 0.248. The number of hydrogen-bond acceptors (Lipinski definition) is 4. The normalized spacial score (nSPS) is 18.3. The fraction of sp³-hybridized carbons (Fsp3) is 0.333. The van der Waals surface area contributed by atoms with Crippen LogP contribution in [0.15, 0.2) is 65.1 Å². The van der Waals surface area contributed by atoms with Gasteiger partial charge >= 0.3 is 12.5 Å². The second-order valence-corrected chi connectivity index (χ2v) is 10.7. The van der Waals surface area contributed by atoms with E-state index in [0.717, 1.165) is 21.8 Å². The summed E-state index contributed by atoms with van der Waals surface area (Å²) in [5.41, 5.74) is 0.953. The topological polar surface area (TPSA) is 27.7 Å². The van der Waals surface area contributed by atoms with Crippen molar-refractivity contribution in [3.05, 3.63) is 87.9 Å². The Balaban J connectivity index is 1.46. The number of halogens is 9. The highest BCUT2D eigenvalue weighted by Crippen LogP contribution is 2.45. The first-order valence-electron chi connectivity index (χ1n) is 12.2. The van der Waals surface area contributed by atoms with E-state index in [2.05, 4.69) is 26.0 Å². The van der Waals surface area contributed by atoms with Crippen molar-refractivity contribution >= 4 is 27.3 Å². The van der Waals surface area contributed by atoms with Crippen molar-refractivity contribution in [2.45, 2.75) is 43.6 Å². The maximum atomic E-state index is 14.2. The molecule has 0 saturated carbocycles. The monoisotopic (exact) mass is 635 g/mol. The van der Waals surface area contributed by atoms with Crippen LogP contribution < -0.4 is 15.0 Å². The number of fused-ring (bicyclic) bond motifs is 1. The molecule has 1 fully saturated rings. The molecule has 0 amide bonds. The quantitative estimate of drug-likeness (QED) is 0.293. The van der Waals surface area contributed by atoms with E-state index >= 15 is 0 Å². The number of rotatable bonds is 4. The number of nitrogens with zero attached hydrogens (tertiary/aromatic N) is 2. The van der Waals surface area contributed by atoms with Crippen LogP contribution in [0.3, 0.4) is 0 Å². The fourth-order valence-corrected chi connectivity index (χ4v) is 5.81. The molecule has 40 heavy (non-hydrogen) atoms. The van der Waals surface area contributed by atoms with Crippen molar-refractivity contribution in [2.75, 3.05) is 23.3 Å². The number of benzene rings is 3. The lowest BCUT2D eigenvalue weighted by Crippen LogP contribution is -2.62. The molecule has 1 N–H and O–H groups in total. The van der Waals surface area contributed by atoms with Crippen molar-refractivity contribution in [2.24, 2.45) is 0 Å². The second kappa shape index (κ2) is 10.4. The Morgan fingerprint density at radius 2 is 1.52 bits per heavy atom. The molecule has 3 aromatic rings. The first kappa shape index (κ1) is 28.5. The molecule has 5 rings (SSSR count). The molecule has 0 aromatic heterocycles. The summed E-state index contributed by atoms with van der Waals surface area (Å²) in [6, 6.07) is 10.9. The van der Waals surface area contributed by atoms with Gasteiger partial charge in [0.25, 0.3) is 0 Å². The molecule has 0 radical (unpaired) electrons. The predicted octanol–water partition coefficient (Wildman–Crippen LogP) is 8.15. The summed E-state index contributed by atoms with van der Waals surface area (Å²) in [4.78, 5) is 3.12. The summed E-state index contributed by atoms with van der Waals surface area (Å²) < 4.78 is 113. The zero-order chi connectivity index (χ0) is 28.9. The van der Waals surface area contributed by atoms with Crippen LogP contribution in [-0.2, 0) is 6.54 Å². The lowest BCUT2D eigenvalue weighted by Gasteiger charge is -2.54. The molecular formula is C27H22BrF8N3O. The van der Waals surface area contributed by atoms with Crippen molar-refractivity contribution in [3.8, 4) is 5.75 Å². The van der Waals surface area contributed by atoms with Gasteiger partial charge in [-0.05, 0) is 59.7 Å². The molecule has 2 aliphatic rings. The van der Waals surface area contributed by atoms with E-state index in [1.165, 1.54) is 29.2 Å². The molecule has 1 atom stereocenters.